The zero-order valence-corrected chi connectivity index (χ0v) is 12.1. The summed E-state index contributed by atoms with van der Waals surface area (Å²) in [7, 11) is 0. The lowest BCUT2D eigenvalue weighted by Crippen LogP contribution is -1.96. The molecule has 0 saturated carbocycles. The molecule has 0 atom stereocenters. The molecular weight excluding hydrogens is 302 g/mol. The molecule has 2 aromatic rings. The van der Waals surface area contributed by atoms with Crippen molar-refractivity contribution in [2.75, 3.05) is 5.32 Å². The molecule has 0 aliphatic carbocycles. The topological polar surface area (TPSA) is 29.1 Å². The summed E-state index contributed by atoms with van der Waals surface area (Å²) in [5, 5.41) is 3.09. The van der Waals surface area contributed by atoms with Crippen LogP contribution < -0.4 is 5.32 Å². The summed E-state index contributed by atoms with van der Waals surface area (Å²) in [6.07, 6.45) is 3.20. The number of hydrogen-bond acceptors (Lipinski definition) is 2. The van der Waals surface area contributed by atoms with Gasteiger partial charge in [0.2, 0.25) is 0 Å². The molecule has 0 saturated heterocycles. The van der Waals surface area contributed by atoms with Gasteiger partial charge in [0.25, 0.3) is 0 Å². The van der Waals surface area contributed by atoms with Crippen LogP contribution in [0.2, 0.25) is 0 Å². The standard InChI is InChI=1S/C16H14BrNO/c1-12-3-2-4-15(11-12)18-10-9-16(19)13-5-7-14(17)8-6-13/h2-11,18H,1H3. The number of allylic oxidation sites excluding steroid dienone is 1. The van der Waals surface area contributed by atoms with Gasteiger partial charge in [-0.3, -0.25) is 4.79 Å². The van der Waals surface area contributed by atoms with Gasteiger partial charge in [-0.2, -0.15) is 0 Å². The number of carbonyl (C=O) groups excluding carboxylic acids is 1. The molecule has 19 heavy (non-hydrogen) atoms. The van der Waals surface area contributed by atoms with Crippen molar-refractivity contribution in [1.82, 2.24) is 0 Å². The number of nitrogens with one attached hydrogen (secondary N) is 1. The molecule has 96 valence electrons. The summed E-state index contributed by atoms with van der Waals surface area (Å²) in [5.41, 5.74) is 2.82. The van der Waals surface area contributed by atoms with Crippen LogP contribution in [0.4, 0.5) is 5.69 Å². The van der Waals surface area contributed by atoms with Crippen LogP contribution >= 0.6 is 15.9 Å². The summed E-state index contributed by atoms with van der Waals surface area (Å²) in [4.78, 5) is 11.9. The molecule has 0 aliphatic heterocycles. The number of aryl methyl sites for hydroxylation is 1. The maximum Gasteiger partial charge on any atom is 0.187 e. The third-order valence-electron chi connectivity index (χ3n) is 2.63. The van der Waals surface area contributed by atoms with E-state index < -0.39 is 0 Å². The van der Waals surface area contributed by atoms with E-state index in [0.717, 1.165) is 10.2 Å². The Morgan fingerprint density at radius 2 is 1.89 bits per heavy atom. The molecule has 0 unspecified atom stereocenters. The van der Waals surface area contributed by atoms with E-state index in [1.807, 2.05) is 43.3 Å². The average molecular weight is 316 g/mol. The lowest BCUT2D eigenvalue weighted by atomic mass is 10.1. The van der Waals surface area contributed by atoms with Crippen molar-refractivity contribution in [2.24, 2.45) is 0 Å². The van der Waals surface area contributed by atoms with Crippen molar-refractivity contribution in [2.45, 2.75) is 6.92 Å². The van der Waals surface area contributed by atoms with Crippen LogP contribution in [0.1, 0.15) is 15.9 Å². The first kappa shape index (κ1) is 13.6. The highest BCUT2D eigenvalue weighted by molar-refractivity contribution is 9.10. The highest BCUT2D eigenvalue weighted by Crippen LogP contribution is 2.12. The normalized spacial score (nSPS) is 10.6. The highest BCUT2D eigenvalue weighted by atomic mass is 79.9. The second-order valence-electron chi connectivity index (χ2n) is 4.22. The summed E-state index contributed by atoms with van der Waals surface area (Å²) >= 11 is 3.34. The van der Waals surface area contributed by atoms with Gasteiger partial charge >= 0.3 is 0 Å². The fourth-order valence-corrected chi connectivity index (χ4v) is 1.92. The smallest absolute Gasteiger partial charge is 0.187 e. The van der Waals surface area contributed by atoms with Gasteiger partial charge in [0.1, 0.15) is 0 Å². The Bertz CT molecular complexity index is 602. The molecule has 0 amide bonds. The number of hydrogen-bond donors (Lipinski definition) is 1. The molecule has 2 rings (SSSR count). The average Bonchev–Trinajstić information content (AvgIpc) is 2.39. The Hall–Kier alpha value is -1.87. The van der Waals surface area contributed by atoms with Crippen LogP contribution in [0.25, 0.3) is 0 Å². The lowest BCUT2D eigenvalue weighted by Gasteiger charge is -2.01. The van der Waals surface area contributed by atoms with Crippen molar-refractivity contribution < 1.29 is 4.79 Å². The quantitative estimate of drug-likeness (QED) is 0.661. The van der Waals surface area contributed by atoms with Crippen molar-refractivity contribution in [3.63, 3.8) is 0 Å². The second kappa shape index (κ2) is 6.34. The minimum Gasteiger partial charge on any atom is -0.362 e. The summed E-state index contributed by atoms with van der Waals surface area (Å²) in [6.45, 7) is 2.03. The van der Waals surface area contributed by atoms with Crippen LogP contribution in [0.3, 0.4) is 0 Å². The second-order valence-corrected chi connectivity index (χ2v) is 5.13. The van der Waals surface area contributed by atoms with Crippen molar-refractivity contribution in [1.29, 1.82) is 0 Å². The van der Waals surface area contributed by atoms with Crippen molar-refractivity contribution in [3.05, 3.63) is 76.4 Å². The summed E-state index contributed by atoms with van der Waals surface area (Å²) in [6, 6.07) is 15.3. The Labute approximate surface area is 121 Å². The maximum absolute atomic E-state index is 11.9. The van der Waals surface area contributed by atoms with Gasteiger partial charge in [0.15, 0.2) is 5.78 Å². The maximum atomic E-state index is 11.9. The number of ketones is 1. The van der Waals surface area contributed by atoms with Crippen LogP contribution in [0.5, 0.6) is 0 Å². The van der Waals surface area contributed by atoms with Gasteiger partial charge in [-0.25, -0.2) is 0 Å². The summed E-state index contributed by atoms with van der Waals surface area (Å²) in [5.74, 6) is -0.0207. The number of carbonyl (C=O) groups is 1. The van der Waals surface area contributed by atoms with E-state index in [1.165, 1.54) is 11.6 Å². The Balaban J connectivity index is 1.99. The monoisotopic (exact) mass is 315 g/mol. The van der Waals surface area contributed by atoms with Crippen LogP contribution in [0.15, 0.2) is 65.3 Å². The van der Waals surface area contributed by atoms with E-state index in [-0.39, 0.29) is 5.78 Å². The van der Waals surface area contributed by atoms with Gasteiger partial charge in [0.05, 0.1) is 0 Å². The highest BCUT2D eigenvalue weighted by Gasteiger charge is 2.00. The third kappa shape index (κ3) is 4.07. The number of benzene rings is 2. The first-order valence-electron chi connectivity index (χ1n) is 5.95. The molecule has 0 heterocycles. The van der Waals surface area contributed by atoms with Crippen LogP contribution in [-0.2, 0) is 0 Å². The van der Waals surface area contributed by atoms with E-state index in [4.69, 9.17) is 0 Å². The minimum atomic E-state index is -0.0207. The number of rotatable bonds is 4. The molecule has 0 bridgehead atoms. The largest absolute Gasteiger partial charge is 0.362 e. The molecule has 0 aromatic heterocycles. The molecular formula is C16H14BrNO. The number of anilines is 1. The van der Waals surface area contributed by atoms with Crippen molar-refractivity contribution >= 4 is 27.4 Å². The summed E-state index contributed by atoms with van der Waals surface area (Å²) < 4.78 is 0.964. The third-order valence-corrected chi connectivity index (χ3v) is 3.16. The molecule has 0 aliphatic rings. The van der Waals surface area contributed by atoms with Crippen LogP contribution in [-0.4, -0.2) is 5.78 Å². The van der Waals surface area contributed by atoms with Gasteiger partial charge in [-0.1, -0.05) is 28.1 Å². The Morgan fingerprint density at radius 1 is 1.16 bits per heavy atom. The van der Waals surface area contributed by atoms with Gasteiger partial charge < -0.3 is 5.32 Å². The van der Waals surface area contributed by atoms with Gasteiger partial charge in [-0.15, -0.1) is 0 Å². The molecule has 0 fully saturated rings. The molecule has 3 heteroatoms. The van der Waals surface area contributed by atoms with E-state index in [1.54, 1.807) is 18.3 Å². The molecule has 1 N–H and O–H groups in total. The predicted octanol–water partition coefficient (Wildman–Crippen LogP) is 4.57. The zero-order valence-electron chi connectivity index (χ0n) is 10.6. The number of halogens is 1. The van der Waals surface area contributed by atoms with Gasteiger partial charge in [0, 0.05) is 28.0 Å². The fraction of sp³-hybridized carbons (Fsp3) is 0.0625. The van der Waals surface area contributed by atoms with E-state index in [9.17, 15) is 4.79 Å². The lowest BCUT2D eigenvalue weighted by molar-refractivity contribution is 0.104. The fourth-order valence-electron chi connectivity index (χ4n) is 1.66. The zero-order chi connectivity index (χ0) is 13.7. The predicted molar refractivity (Wildman–Crippen MR) is 82.4 cm³/mol. The molecule has 0 spiro atoms. The Morgan fingerprint density at radius 3 is 2.58 bits per heavy atom. The first-order chi connectivity index (χ1) is 9.15. The molecule has 0 radical (unpaired) electrons. The van der Waals surface area contributed by atoms with Crippen molar-refractivity contribution in [3.8, 4) is 0 Å². The first-order valence-corrected chi connectivity index (χ1v) is 6.74. The van der Waals surface area contributed by atoms with E-state index >= 15 is 0 Å². The minimum absolute atomic E-state index is 0.0207. The van der Waals surface area contributed by atoms with Gasteiger partial charge in [-0.05, 0) is 48.9 Å². The Kier molecular flexibility index (Phi) is 4.53. The molecule has 2 aromatic carbocycles. The molecule has 2 nitrogen and oxygen atoms in total. The SMILES string of the molecule is Cc1cccc(NC=CC(=O)c2ccc(Br)cc2)c1. The van der Waals surface area contributed by atoms with E-state index in [0.29, 0.717) is 5.56 Å². The van der Waals surface area contributed by atoms with Crippen LogP contribution in [0, 0.1) is 6.92 Å². The van der Waals surface area contributed by atoms with E-state index in [2.05, 4.69) is 21.2 Å².